The number of carbonyl (C=O) groups excluding carboxylic acids is 2. The average Bonchev–Trinajstić information content (AvgIpc) is 3.21. The molecule has 0 saturated heterocycles. The van der Waals surface area contributed by atoms with Gasteiger partial charge >= 0.3 is 12.1 Å². The number of aromatic nitrogens is 1. The summed E-state index contributed by atoms with van der Waals surface area (Å²) in [5, 5.41) is 24.0. The highest BCUT2D eigenvalue weighted by Gasteiger charge is 2.42. The van der Waals surface area contributed by atoms with E-state index in [1.165, 1.54) is 44.3 Å². The van der Waals surface area contributed by atoms with Crippen molar-refractivity contribution in [3.8, 4) is 0 Å². The van der Waals surface area contributed by atoms with E-state index in [0.29, 0.717) is 11.3 Å². The Morgan fingerprint density at radius 1 is 1.24 bits per heavy atom. The van der Waals surface area contributed by atoms with Crippen molar-refractivity contribution in [3.05, 3.63) is 45.5 Å². The number of nitrogens with zero attached hydrogens (tertiary/aromatic N) is 1. The lowest BCUT2D eigenvalue weighted by molar-refractivity contribution is -0.154. The highest BCUT2D eigenvalue weighted by molar-refractivity contribution is 7.09. The summed E-state index contributed by atoms with van der Waals surface area (Å²) >= 11 is 1.41. The number of Topliss-reactive ketones (excluding diaryl/α,β-unsaturated/α-hetero) is 1. The standard InChI is InChI=1S/C27H36F3NO5S/c1-15-8-7-9-19(27(28,29)30)10-11-21(16(2)12-20-14-37-18(4)31-20)36-23(33)13-22(32)26(5,6)25(35)17(3)24(15)34/h7-8,10,12,14-15,17,21-22,24,32,34H,9,11,13H2,1-6H3/b8-7+,16-12+,19-10+/t15-,17+,21-,22-,24?/m0/s1. The van der Waals surface area contributed by atoms with Crippen molar-refractivity contribution < 1.29 is 37.7 Å². The van der Waals surface area contributed by atoms with E-state index in [2.05, 4.69) is 4.98 Å². The maximum absolute atomic E-state index is 13.8. The topological polar surface area (TPSA) is 96.7 Å². The van der Waals surface area contributed by atoms with Gasteiger partial charge in [-0.05, 0) is 31.9 Å². The Bertz CT molecular complexity index is 1060. The summed E-state index contributed by atoms with van der Waals surface area (Å²) in [7, 11) is 0. The maximum atomic E-state index is 13.8. The Morgan fingerprint density at radius 2 is 1.89 bits per heavy atom. The summed E-state index contributed by atoms with van der Waals surface area (Å²) in [6, 6.07) is 0. The molecule has 1 aromatic heterocycles. The van der Waals surface area contributed by atoms with E-state index in [9.17, 15) is 33.0 Å². The molecule has 1 aliphatic rings. The number of esters is 1. The van der Waals surface area contributed by atoms with Crippen LogP contribution in [0.3, 0.4) is 0 Å². The molecular weight excluding hydrogens is 507 g/mol. The number of hydrogen-bond acceptors (Lipinski definition) is 7. The van der Waals surface area contributed by atoms with E-state index < -0.39 is 71.9 Å². The number of carbonyl (C=O) groups is 2. The molecular formula is C27H36F3NO5S. The van der Waals surface area contributed by atoms with Crippen LogP contribution in [0.25, 0.3) is 6.08 Å². The normalized spacial score (nSPS) is 31.4. The van der Waals surface area contributed by atoms with Crippen molar-refractivity contribution in [1.82, 2.24) is 4.98 Å². The number of hydrogen-bond donors (Lipinski definition) is 2. The van der Waals surface area contributed by atoms with Crippen molar-refractivity contribution in [3.63, 3.8) is 0 Å². The average molecular weight is 544 g/mol. The smallest absolute Gasteiger partial charge is 0.412 e. The second-order valence-corrected chi connectivity index (χ2v) is 11.3. The van der Waals surface area contributed by atoms with Crippen LogP contribution < -0.4 is 0 Å². The molecule has 10 heteroatoms. The molecule has 0 saturated carbocycles. The van der Waals surface area contributed by atoms with Gasteiger partial charge in [0.1, 0.15) is 11.9 Å². The third-order valence-electron chi connectivity index (χ3n) is 6.81. The van der Waals surface area contributed by atoms with Crippen LogP contribution in [0, 0.1) is 24.2 Å². The van der Waals surface area contributed by atoms with Crippen molar-refractivity contribution in [1.29, 1.82) is 0 Å². The predicted octanol–water partition coefficient (Wildman–Crippen LogP) is 5.58. The molecule has 0 fully saturated rings. The van der Waals surface area contributed by atoms with E-state index in [-0.39, 0.29) is 6.42 Å². The lowest BCUT2D eigenvalue weighted by Gasteiger charge is -2.34. The molecule has 0 aromatic carbocycles. The Balaban J connectivity index is 2.50. The Kier molecular flexibility index (Phi) is 10.4. The summed E-state index contributed by atoms with van der Waals surface area (Å²) in [5.74, 6) is -2.85. The number of rotatable bonds is 2. The number of aliphatic hydroxyl groups excluding tert-OH is 2. The summed E-state index contributed by atoms with van der Waals surface area (Å²) in [6.45, 7) is 9.55. The van der Waals surface area contributed by atoms with Crippen molar-refractivity contribution >= 4 is 29.2 Å². The third kappa shape index (κ3) is 8.35. The fraction of sp³-hybridized carbons (Fsp3) is 0.593. The van der Waals surface area contributed by atoms with Crippen molar-refractivity contribution in [2.24, 2.45) is 17.3 Å². The lowest BCUT2D eigenvalue weighted by Crippen LogP contribution is -2.45. The monoisotopic (exact) mass is 543 g/mol. The molecule has 0 bridgehead atoms. The SMILES string of the molecule is C/C(=C\c1csc(C)n1)[C@@H]1C/C=C(/C(F)(F)F)C/C=C/[C@H](C)C(O)[C@@H](C)C(=O)C(C)(C)[C@@H](O)CC(=O)O1. The summed E-state index contributed by atoms with van der Waals surface area (Å²) in [4.78, 5) is 30.2. The van der Waals surface area contributed by atoms with Crippen molar-refractivity contribution in [2.75, 3.05) is 0 Å². The fourth-order valence-corrected chi connectivity index (χ4v) is 4.74. The first-order valence-corrected chi connectivity index (χ1v) is 13.0. The zero-order valence-corrected chi connectivity index (χ0v) is 22.8. The highest BCUT2D eigenvalue weighted by atomic mass is 32.1. The number of thiazole rings is 1. The molecule has 37 heavy (non-hydrogen) atoms. The number of ether oxygens (including phenoxy) is 1. The molecule has 2 N–H and O–H groups in total. The number of ketones is 1. The Hall–Kier alpha value is -2.30. The first kappa shape index (κ1) is 30.9. The van der Waals surface area contributed by atoms with E-state index in [0.717, 1.165) is 11.1 Å². The van der Waals surface area contributed by atoms with Crippen LogP contribution in [-0.4, -0.2) is 51.4 Å². The molecule has 6 nitrogen and oxygen atoms in total. The number of allylic oxidation sites excluding steroid dienone is 2. The van der Waals surface area contributed by atoms with E-state index in [1.54, 1.807) is 25.3 Å². The molecule has 0 amide bonds. The molecule has 1 aliphatic heterocycles. The molecule has 206 valence electrons. The van der Waals surface area contributed by atoms with Gasteiger partial charge in [-0.15, -0.1) is 11.3 Å². The number of halogens is 3. The van der Waals surface area contributed by atoms with Crippen LogP contribution in [0.2, 0.25) is 0 Å². The summed E-state index contributed by atoms with van der Waals surface area (Å²) < 4.78 is 46.8. The zero-order valence-electron chi connectivity index (χ0n) is 22.0. The number of cyclic esters (lactones) is 1. The van der Waals surface area contributed by atoms with Gasteiger partial charge < -0.3 is 14.9 Å². The zero-order chi connectivity index (χ0) is 28.1. The Labute approximate surface area is 219 Å². The minimum Gasteiger partial charge on any atom is -0.457 e. The quantitative estimate of drug-likeness (QED) is 0.373. The van der Waals surface area contributed by atoms with Crippen LogP contribution in [0.15, 0.2) is 34.8 Å². The van der Waals surface area contributed by atoms with Gasteiger partial charge in [0.2, 0.25) is 0 Å². The molecule has 0 aliphatic carbocycles. The van der Waals surface area contributed by atoms with Crippen LogP contribution in [0.1, 0.15) is 64.6 Å². The largest absolute Gasteiger partial charge is 0.457 e. The van der Waals surface area contributed by atoms with Gasteiger partial charge in [0.15, 0.2) is 0 Å². The van der Waals surface area contributed by atoms with Crippen LogP contribution in [0.4, 0.5) is 13.2 Å². The highest BCUT2D eigenvalue weighted by Crippen LogP contribution is 2.33. The van der Waals surface area contributed by atoms with Crippen LogP contribution >= 0.6 is 11.3 Å². The minimum atomic E-state index is -4.61. The van der Waals surface area contributed by atoms with Crippen molar-refractivity contribution in [2.45, 2.75) is 85.3 Å². The van der Waals surface area contributed by atoms with Gasteiger partial charge in [-0.1, -0.05) is 45.9 Å². The van der Waals surface area contributed by atoms with Crippen LogP contribution in [-0.2, 0) is 14.3 Å². The van der Waals surface area contributed by atoms with E-state index in [1.807, 2.05) is 6.92 Å². The molecule has 1 unspecified atom stereocenters. The maximum Gasteiger partial charge on any atom is 0.412 e. The molecule has 0 spiro atoms. The first-order valence-electron chi connectivity index (χ1n) is 12.2. The minimum absolute atomic E-state index is 0.243. The number of aliphatic hydroxyl groups is 2. The Morgan fingerprint density at radius 3 is 2.46 bits per heavy atom. The van der Waals surface area contributed by atoms with Gasteiger partial charge in [-0.25, -0.2) is 4.98 Å². The molecule has 2 rings (SSSR count). The first-order chi connectivity index (χ1) is 17.0. The van der Waals surface area contributed by atoms with Crippen LogP contribution in [0.5, 0.6) is 0 Å². The van der Waals surface area contributed by atoms with E-state index >= 15 is 0 Å². The third-order valence-corrected chi connectivity index (χ3v) is 7.60. The lowest BCUT2D eigenvalue weighted by atomic mass is 9.73. The predicted molar refractivity (Wildman–Crippen MR) is 137 cm³/mol. The van der Waals surface area contributed by atoms with E-state index in [4.69, 9.17) is 4.74 Å². The molecule has 0 radical (unpaired) electrons. The van der Waals surface area contributed by atoms with Gasteiger partial charge in [-0.2, -0.15) is 13.2 Å². The summed E-state index contributed by atoms with van der Waals surface area (Å²) in [5.41, 5.74) is -1.11. The number of aryl methyl sites for hydroxylation is 1. The summed E-state index contributed by atoms with van der Waals surface area (Å²) in [6.07, 6.45) is -4.04. The molecule has 2 heterocycles. The van der Waals surface area contributed by atoms with Gasteiger partial charge in [-0.3, -0.25) is 9.59 Å². The second kappa shape index (κ2) is 12.5. The van der Waals surface area contributed by atoms with Gasteiger partial charge in [0.25, 0.3) is 0 Å². The van der Waals surface area contributed by atoms with Gasteiger partial charge in [0, 0.05) is 29.2 Å². The second-order valence-electron chi connectivity index (χ2n) is 10.2. The molecule has 1 aromatic rings. The van der Waals surface area contributed by atoms with Gasteiger partial charge in [0.05, 0.1) is 34.7 Å². The fourth-order valence-electron chi connectivity index (χ4n) is 4.17. The number of alkyl halides is 3. The molecule has 5 atom stereocenters.